The molecule has 0 saturated carbocycles. The van der Waals surface area contributed by atoms with Crippen molar-refractivity contribution in [2.75, 3.05) is 13.2 Å². The second kappa shape index (κ2) is 33.0. The lowest BCUT2D eigenvalue weighted by atomic mass is 9.87. The quantitative estimate of drug-likeness (QED) is 0.0242. The number of fused-ring (bicyclic) bond motifs is 4. The number of carbonyl (C=O) groups excluding carboxylic acids is 3. The third-order valence-corrected chi connectivity index (χ3v) is 12.4. The highest BCUT2D eigenvalue weighted by atomic mass is 31.2. The van der Waals surface area contributed by atoms with Gasteiger partial charge in [0.15, 0.2) is 11.9 Å². The minimum absolute atomic E-state index is 0.0263. The van der Waals surface area contributed by atoms with Gasteiger partial charge in [-0.2, -0.15) is 0 Å². The van der Waals surface area contributed by atoms with Gasteiger partial charge in [-0.1, -0.05) is 127 Å². The number of allylic oxidation sites excluding steroid dienone is 5. The Morgan fingerprint density at radius 1 is 0.825 bits per heavy atom. The van der Waals surface area contributed by atoms with Gasteiger partial charge < -0.3 is 45.0 Å². The van der Waals surface area contributed by atoms with E-state index < -0.39 is 99.4 Å². The van der Waals surface area contributed by atoms with Crippen molar-refractivity contribution in [3.8, 4) is 0 Å². The molecule has 2 rings (SSSR count). The Morgan fingerprint density at radius 2 is 1.44 bits per heavy atom. The summed E-state index contributed by atoms with van der Waals surface area (Å²) in [5, 5.41) is 66.9. The summed E-state index contributed by atoms with van der Waals surface area (Å²) in [4.78, 5) is 49.9. The molecule has 7 N–H and O–H groups in total. The highest BCUT2D eigenvalue weighted by Gasteiger charge is 2.47. The predicted octanol–water partition coefficient (Wildman–Crippen LogP) is 6.78. The smallest absolute Gasteiger partial charge is 0.462 e. The Morgan fingerprint density at radius 3 is 2.13 bits per heavy atom. The lowest BCUT2D eigenvalue weighted by Gasteiger charge is -2.36. The van der Waals surface area contributed by atoms with Gasteiger partial charge in [-0.05, 0) is 63.9 Å². The molecule has 0 fully saturated rings. The van der Waals surface area contributed by atoms with E-state index in [1.807, 2.05) is 6.92 Å². The second-order valence-corrected chi connectivity index (χ2v) is 18.3. The van der Waals surface area contributed by atoms with E-state index in [9.17, 15) is 54.5 Å². The molecular weight excluding hydrogens is 835 g/mol. The first-order valence-corrected chi connectivity index (χ1v) is 25.0. The largest absolute Gasteiger partial charge is 0.472 e. The SMILES string of the molecule is CCCCCCCC/C=C\CCCCCCCC(=O)OC[C@@H]1COP(=O)(O)O[C@H]2[C@H](O)[C@@H](O)[C@H](O)[C@H](/C=C\C(=O)[C@H](/C=C/[C@@H](O)CCCCC)[C@@H](O)[C@H]2O)C/C=C\CCCC(=O)O1. The maximum Gasteiger partial charge on any atom is 0.472 e. The summed E-state index contributed by atoms with van der Waals surface area (Å²) in [5.41, 5.74) is 0. The number of cyclic esters (lactones) is 1. The van der Waals surface area contributed by atoms with E-state index >= 15 is 0 Å². The number of esters is 2. The summed E-state index contributed by atoms with van der Waals surface area (Å²) >= 11 is 0. The van der Waals surface area contributed by atoms with E-state index in [1.54, 1.807) is 12.2 Å². The van der Waals surface area contributed by atoms with Crippen LogP contribution in [0, 0.1) is 11.8 Å². The van der Waals surface area contributed by atoms with Crippen LogP contribution in [0.5, 0.6) is 0 Å². The fourth-order valence-electron chi connectivity index (χ4n) is 7.43. The number of ketones is 1. The molecule has 11 atom stereocenters. The molecule has 0 radical (unpaired) electrons. The molecule has 15 nitrogen and oxygen atoms in total. The Hall–Kier alpha value is -2.56. The van der Waals surface area contributed by atoms with E-state index in [0.29, 0.717) is 32.1 Å². The lowest BCUT2D eigenvalue weighted by Crippen LogP contribution is -2.55. The Labute approximate surface area is 375 Å². The van der Waals surface area contributed by atoms with Crippen LogP contribution in [0.15, 0.2) is 48.6 Å². The summed E-state index contributed by atoms with van der Waals surface area (Å²) in [6, 6.07) is 0. The summed E-state index contributed by atoms with van der Waals surface area (Å²) < 4.78 is 34.6. The van der Waals surface area contributed by atoms with Crippen molar-refractivity contribution in [3.05, 3.63) is 48.6 Å². The molecule has 1 unspecified atom stereocenters. The maximum atomic E-state index is 13.5. The standard InChI is InChI=1S/C47H79O15P/c1-3-5-7-8-9-10-11-12-13-14-15-16-17-18-23-27-40(50)59-33-37-34-60-63(57,58)62-47-45(55)43(53)38(31-30-36(48)26-21-6-4-2)39(49)32-29-35(42(52)44(54)46(47)56)25-22-19-20-24-28-41(51)61-37/h12-13,19,22,29-32,35-38,42-48,52-56H,3-11,14-18,20-21,23-28,33-34H2,1-2H3,(H,57,58)/b13-12-,22-19-,31-30+,32-29-/t35-,36-,37+,38-,42+,43+,44-,45+,46+,47+/m0/s1. The van der Waals surface area contributed by atoms with Crippen LogP contribution in [-0.4, -0.2) is 115 Å². The first-order chi connectivity index (χ1) is 30.2. The number of carbonyl (C=O) groups is 3. The van der Waals surface area contributed by atoms with Crippen LogP contribution in [0.25, 0.3) is 0 Å². The molecule has 1 heterocycles. The van der Waals surface area contributed by atoms with E-state index in [2.05, 4.69) is 19.1 Å². The van der Waals surface area contributed by atoms with Crippen LogP contribution >= 0.6 is 7.82 Å². The number of aliphatic hydroxyl groups excluding tert-OH is 6. The van der Waals surface area contributed by atoms with E-state index in [0.717, 1.165) is 57.4 Å². The minimum atomic E-state index is -5.41. The first kappa shape index (κ1) is 56.6. The van der Waals surface area contributed by atoms with Gasteiger partial charge in [-0.3, -0.25) is 23.4 Å². The highest BCUT2D eigenvalue weighted by molar-refractivity contribution is 7.47. The molecule has 362 valence electrons. The number of ether oxygens (including phenoxy) is 2. The topological polar surface area (TPSA) is 247 Å². The Balaban J connectivity index is 2.13. The molecule has 2 bridgehead atoms. The van der Waals surface area contributed by atoms with Gasteiger partial charge in [0.05, 0.1) is 30.8 Å². The number of hydrogen-bond donors (Lipinski definition) is 7. The van der Waals surface area contributed by atoms with Crippen LogP contribution in [0.2, 0.25) is 0 Å². The molecule has 63 heavy (non-hydrogen) atoms. The average molecular weight is 915 g/mol. The molecule has 0 aromatic rings. The molecule has 2 aliphatic rings. The maximum absolute atomic E-state index is 13.5. The Kier molecular flexibility index (Phi) is 29.6. The van der Waals surface area contributed by atoms with E-state index in [-0.39, 0.29) is 19.3 Å². The van der Waals surface area contributed by atoms with Gasteiger partial charge in [0.25, 0.3) is 0 Å². The molecular formula is C47H79O15P. The van der Waals surface area contributed by atoms with Crippen LogP contribution in [0.3, 0.4) is 0 Å². The van der Waals surface area contributed by atoms with Gasteiger partial charge in [-0.25, -0.2) is 4.57 Å². The fourth-order valence-corrected chi connectivity index (χ4v) is 8.40. The van der Waals surface area contributed by atoms with Gasteiger partial charge in [-0.15, -0.1) is 0 Å². The third kappa shape index (κ3) is 24.0. The molecule has 0 aromatic heterocycles. The minimum Gasteiger partial charge on any atom is -0.462 e. The second-order valence-electron chi connectivity index (χ2n) is 16.9. The van der Waals surface area contributed by atoms with E-state index in [4.69, 9.17) is 18.5 Å². The molecule has 1 aliphatic carbocycles. The van der Waals surface area contributed by atoms with Crippen LogP contribution < -0.4 is 0 Å². The van der Waals surface area contributed by atoms with Gasteiger partial charge in [0.1, 0.15) is 31.0 Å². The normalized spacial score (nSPS) is 31.0. The van der Waals surface area contributed by atoms with Crippen molar-refractivity contribution in [1.29, 1.82) is 0 Å². The van der Waals surface area contributed by atoms with Crippen molar-refractivity contribution in [2.24, 2.45) is 11.8 Å². The first-order valence-electron chi connectivity index (χ1n) is 23.5. The van der Waals surface area contributed by atoms with Crippen molar-refractivity contribution >= 4 is 25.5 Å². The Bertz CT molecular complexity index is 1450. The van der Waals surface area contributed by atoms with E-state index in [1.165, 1.54) is 56.8 Å². The molecule has 1 aliphatic heterocycles. The summed E-state index contributed by atoms with van der Waals surface area (Å²) in [7, 11) is -5.41. The molecule has 0 amide bonds. The lowest BCUT2D eigenvalue weighted by molar-refractivity contribution is -0.164. The van der Waals surface area contributed by atoms with Crippen LogP contribution in [-0.2, 0) is 37.5 Å². The molecule has 0 spiro atoms. The predicted molar refractivity (Wildman–Crippen MR) is 239 cm³/mol. The third-order valence-electron chi connectivity index (χ3n) is 11.4. The van der Waals surface area contributed by atoms with Gasteiger partial charge in [0.2, 0.25) is 0 Å². The number of unbranched alkanes of at least 4 members (excludes halogenated alkanes) is 13. The zero-order valence-corrected chi connectivity index (χ0v) is 38.6. The number of aliphatic hydroxyl groups is 6. The average Bonchev–Trinajstić information content (AvgIpc) is 3.26. The van der Waals surface area contributed by atoms with Gasteiger partial charge >= 0.3 is 19.8 Å². The zero-order chi connectivity index (χ0) is 46.5. The molecule has 16 heteroatoms. The number of phosphoric ester groups is 1. The monoisotopic (exact) mass is 915 g/mol. The van der Waals surface area contributed by atoms with Crippen LogP contribution in [0.4, 0.5) is 0 Å². The number of phosphoric acid groups is 1. The molecule has 0 aromatic carbocycles. The van der Waals surface area contributed by atoms with Crippen molar-refractivity contribution < 1.29 is 73.0 Å². The van der Waals surface area contributed by atoms with Crippen LogP contribution in [0.1, 0.15) is 155 Å². The van der Waals surface area contributed by atoms with Crippen molar-refractivity contribution in [1.82, 2.24) is 0 Å². The van der Waals surface area contributed by atoms with Crippen molar-refractivity contribution in [3.63, 3.8) is 0 Å². The zero-order valence-electron chi connectivity index (χ0n) is 37.7. The summed E-state index contributed by atoms with van der Waals surface area (Å²) in [6.45, 7) is 2.84. The highest BCUT2D eigenvalue weighted by Crippen LogP contribution is 2.47. The van der Waals surface area contributed by atoms with Gasteiger partial charge in [0, 0.05) is 18.8 Å². The number of hydrogen-bond acceptors (Lipinski definition) is 14. The molecule has 0 saturated heterocycles. The number of rotatable bonds is 23. The van der Waals surface area contributed by atoms with Crippen molar-refractivity contribution in [2.45, 2.75) is 204 Å². The fraction of sp³-hybridized carbons (Fsp3) is 0.766. The summed E-state index contributed by atoms with van der Waals surface area (Å²) in [5.74, 6) is -4.64. The summed E-state index contributed by atoms with van der Waals surface area (Å²) in [6.07, 6.45) is 15.1.